The number of amides is 2. The van der Waals surface area contributed by atoms with Crippen molar-refractivity contribution in [3.8, 4) is 0 Å². The zero-order chi connectivity index (χ0) is 16.9. The second kappa shape index (κ2) is 7.88. The van der Waals surface area contributed by atoms with Crippen LogP contribution in [0.4, 0.5) is 16.2 Å². The summed E-state index contributed by atoms with van der Waals surface area (Å²) in [5.41, 5.74) is 2.01. The summed E-state index contributed by atoms with van der Waals surface area (Å²) in [5.74, 6) is 0.199. The number of carbonyl (C=O) groups excluding carboxylic acids is 1. The first-order valence-electron chi connectivity index (χ1n) is 9.18. The monoisotopic (exact) mass is 331 g/mol. The zero-order valence-corrected chi connectivity index (χ0v) is 14.6. The van der Waals surface area contributed by atoms with Gasteiger partial charge in [0.25, 0.3) is 0 Å². The molecule has 5 nitrogen and oxygen atoms in total. The number of rotatable bonds is 4. The van der Waals surface area contributed by atoms with E-state index in [-0.39, 0.29) is 18.1 Å². The van der Waals surface area contributed by atoms with Crippen LogP contribution in [0.1, 0.15) is 38.5 Å². The summed E-state index contributed by atoms with van der Waals surface area (Å²) in [5, 5.41) is 13.1. The average Bonchev–Trinajstić information content (AvgIpc) is 3.12. The Balaban J connectivity index is 1.56. The minimum atomic E-state index is -0.271. The molecule has 0 radical (unpaired) electrons. The smallest absolute Gasteiger partial charge is 0.321 e. The molecule has 2 N–H and O–H groups in total. The van der Waals surface area contributed by atoms with Crippen molar-refractivity contribution in [3.05, 3.63) is 24.3 Å². The molecule has 1 saturated carbocycles. The molecule has 24 heavy (non-hydrogen) atoms. The Kier molecular flexibility index (Phi) is 5.61. The van der Waals surface area contributed by atoms with Crippen molar-refractivity contribution in [1.29, 1.82) is 0 Å². The van der Waals surface area contributed by atoms with Gasteiger partial charge in [-0.15, -0.1) is 0 Å². The Bertz CT molecular complexity index is 557. The van der Waals surface area contributed by atoms with Gasteiger partial charge in [0.1, 0.15) is 0 Å². The summed E-state index contributed by atoms with van der Waals surface area (Å²) in [6.07, 6.45) is 6.31. The topological polar surface area (TPSA) is 55.8 Å². The second-order valence-corrected chi connectivity index (χ2v) is 7.17. The van der Waals surface area contributed by atoms with Crippen molar-refractivity contribution in [2.24, 2.45) is 5.92 Å². The van der Waals surface area contributed by atoms with Crippen LogP contribution in [0.5, 0.6) is 0 Å². The van der Waals surface area contributed by atoms with Gasteiger partial charge in [0.05, 0.1) is 6.10 Å². The lowest BCUT2D eigenvalue weighted by Gasteiger charge is -2.31. The molecule has 1 aromatic carbocycles. The summed E-state index contributed by atoms with van der Waals surface area (Å²) in [6, 6.07) is 7.97. The lowest BCUT2D eigenvalue weighted by Crippen LogP contribution is -2.40. The van der Waals surface area contributed by atoms with Crippen LogP contribution in [0, 0.1) is 5.92 Å². The number of hydrogen-bond acceptors (Lipinski definition) is 3. The highest BCUT2D eigenvalue weighted by Crippen LogP contribution is 2.26. The quantitative estimate of drug-likeness (QED) is 0.890. The largest absolute Gasteiger partial charge is 0.393 e. The molecular formula is C19H29N3O2. The van der Waals surface area contributed by atoms with Gasteiger partial charge in [0.15, 0.2) is 0 Å². The number of nitrogens with zero attached hydrogens (tertiary/aromatic N) is 2. The summed E-state index contributed by atoms with van der Waals surface area (Å²) < 4.78 is 0. The highest BCUT2D eigenvalue weighted by atomic mass is 16.3. The van der Waals surface area contributed by atoms with Gasteiger partial charge in [-0.2, -0.15) is 0 Å². The van der Waals surface area contributed by atoms with Gasteiger partial charge >= 0.3 is 6.03 Å². The first kappa shape index (κ1) is 17.1. The summed E-state index contributed by atoms with van der Waals surface area (Å²) >= 11 is 0. The van der Waals surface area contributed by atoms with Crippen molar-refractivity contribution >= 4 is 17.4 Å². The third-order valence-electron chi connectivity index (χ3n) is 5.29. The number of nitrogens with one attached hydrogen (secondary N) is 1. The number of urea groups is 1. The second-order valence-electron chi connectivity index (χ2n) is 7.17. The van der Waals surface area contributed by atoms with E-state index in [0.717, 1.165) is 44.5 Å². The van der Waals surface area contributed by atoms with Gasteiger partial charge in [-0.25, -0.2) is 4.79 Å². The molecule has 2 aliphatic rings. The van der Waals surface area contributed by atoms with E-state index in [1.807, 2.05) is 18.2 Å². The van der Waals surface area contributed by atoms with Gasteiger partial charge in [0, 0.05) is 44.0 Å². The molecule has 2 unspecified atom stereocenters. The number of aliphatic hydroxyl groups excluding tert-OH is 1. The molecule has 1 heterocycles. The fourth-order valence-corrected chi connectivity index (χ4v) is 3.81. The predicted molar refractivity (Wildman–Crippen MR) is 97.5 cm³/mol. The maximum atomic E-state index is 12.4. The fraction of sp³-hybridized carbons (Fsp3) is 0.632. The average molecular weight is 331 g/mol. The normalized spacial score (nSPS) is 24.0. The first-order valence-corrected chi connectivity index (χ1v) is 9.18. The van der Waals surface area contributed by atoms with E-state index >= 15 is 0 Å². The molecule has 0 spiro atoms. The van der Waals surface area contributed by atoms with Crippen molar-refractivity contribution < 1.29 is 9.90 Å². The van der Waals surface area contributed by atoms with E-state index in [1.54, 1.807) is 11.9 Å². The Morgan fingerprint density at radius 3 is 2.75 bits per heavy atom. The molecule has 1 aliphatic heterocycles. The summed E-state index contributed by atoms with van der Waals surface area (Å²) in [7, 11) is 1.81. The Labute approximate surface area is 144 Å². The van der Waals surface area contributed by atoms with Crippen molar-refractivity contribution in [2.45, 2.75) is 44.6 Å². The fourth-order valence-electron chi connectivity index (χ4n) is 3.81. The molecule has 0 bridgehead atoms. The van der Waals surface area contributed by atoms with E-state index in [0.29, 0.717) is 6.54 Å². The van der Waals surface area contributed by atoms with Crippen LogP contribution in [0.2, 0.25) is 0 Å². The maximum absolute atomic E-state index is 12.4. The van der Waals surface area contributed by atoms with E-state index < -0.39 is 0 Å². The Morgan fingerprint density at radius 2 is 2.00 bits per heavy atom. The molecule has 3 rings (SSSR count). The molecule has 1 aromatic rings. The predicted octanol–water partition coefficient (Wildman–Crippen LogP) is 3.30. The molecule has 2 atom stereocenters. The SMILES string of the molecule is CN(CC1CCCCC1O)C(=O)Nc1cccc(N2CCCC2)c1. The molecular weight excluding hydrogens is 302 g/mol. The van der Waals surface area contributed by atoms with E-state index in [4.69, 9.17) is 0 Å². The lowest BCUT2D eigenvalue weighted by molar-refractivity contribution is 0.0575. The van der Waals surface area contributed by atoms with Crippen LogP contribution in [-0.4, -0.2) is 48.8 Å². The third kappa shape index (κ3) is 4.20. The Morgan fingerprint density at radius 1 is 1.25 bits per heavy atom. The molecule has 5 heteroatoms. The van der Waals surface area contributed by atoms with Crippen molar-refractivity contribution in [3.63, 3.8) is 0 Å². The number of aliphatic hydroxyl groups is 1. The third-order valence-corrected chi connectivity index (χ3v) is 5.29. The van der Waals surface area contributed by atoms with Crippen LogP contribution in [0.3, 0.4) is 0 Å². The maximum Gasteiger partial charge on any atom is 0.321 e. The molecule has 1 aliphatic carbocycles. The highest BCUT2D eigenvalue weighted by molar-refractivity contribution is 5.89. The lowest BCUT2D eigenvalue weighted by atomic mass is 9.86. The highest BCUT2D eigenvalue weighted by Gasteiger charge is 2.25. The number of hydrogen-bond donors (Lipinski definition) is 2. The van der Waals surface area contributed by atoms with Crippen LogP contribution in [0.15, 0.2) is 24.3 Å². The summed E-state index contributed by atoms with van der Waals surface area (Å²) in [4.78, 5) is 16.5. The van der Waals surface area contributed by atoms with Gasteiger partial charge in [-0.3, -0.25) is 0 Å². The summed E-state index contributed by atoms with van der Waals surface area (Å²) in [6.45, 7) is 2.80. The van der Waals surface area contributed by atoms with Crippen LogP contribution in [-0.2, 0) is 0 Å². The van der Waals surface area contributed by atoms with Gasteiger partial charge in [-0.1, -0.05) is 18.9 Å². The van der Waals surface area contributed by atoms with E-state index in [9.17, 15) is 9.90 Å². The Hall–Kier alpha value is -1.75. The minimum absolute atomic E-state index is 0.105. The standard InChI is InChI=1S/C19H29N3O2/c1-21(14-15-7-2-3-10-18(15)23)19(24)20-16-8-6-9-17(13-16)22-11-4-5-12-22/h6,8-9,13,15,18,23H,2-5,7,10-12,14H2,1H3,(H,20,24). The minimum Gasteiger partial charge on any atom is -0.393 e. The van der Waals surface area contributed by atoms with Gasteiger partial charge in [0.2, 0.25) is 0 Å². The zero-order valence-electron chi connectivity index (χ0n) is 14.6. The molecule has 132 valence electrons. The molecule has 2 amide bonds. The van der Waals surface area contributed by atoms with Gasteiger partial charge < -0.3 is 20.2 Å². The first-order chi connectivity index (χ1) is 11.6. The van der Waals surface area contributed by atoms with Crippen LogP contribution < -0.4 is 10.2 Å². The van der Waals surface area contributed by atoms with Crippen molar-refractivity contribution in [1.82, 2.24) is 4.90 Å². The van der Waals surface area contributed by atoms with E-state index in [1.165, 1.54) is 18.5 Å². The van der Waals surface area contributed by atoms with Gasteiger partial charge in [-0.05, 0) is 43.9 Å². The van der Waals surface area contributed by atoms with Crippen LogP contribution >= 0.6 is 0 Å². The molecule has 2 fully saturated rings. The number of anilines is 2. The van der Waals surface area contributed by atoms with E-state index in [2.05, 4.69) is 16.3 Å². The number of benzene rings is 1. The number of carbonyl (C=O) groups is 1. The van der Waals surface area contributed by atoms with Crippen molar-refractivity contribution in [2.75, 3.05) is 36.9 Å². The molecule has 1 saturated heterocycles. The van der Waals surface area contributed by atoms with Crippen LogP contribution in [0.25, 0.3) is 0 Å². The molecule has 0 aromatic heterocycles.